The third-order valence-corrected chi connectivity index (χ3v) is 10.8. The van der Waals surface area contributed by atoms with Crippen LogP contribution in [0.5, 0.6) is 17.6 Å². The van der Waals surface area contributed by atoms with Gasteiger partial charge in [-0.15, -0.1) is 0 Å². The van der Waals surface area contributed by atoms with Crippen LogP contribution in [0.15, 0.2) is 54.6 Å². The van der Waals surface area contributed by atoms with E-state index < -0.39 is 23.7 Å². The predicted molar refractivity (Wildman–Crippen MR) is 197 cm³/mol. The smallest absolute Gasteiger partial charge is 0.421 e. The number of hydrogen-bond acceptors (Lipinski definition) is 9. The fraction of sp³-hybridized carbons (Fsp3) is 0.425. The number of alkyl halides is 3. The van der Waals surface area contributed by atoms with Crippen LogP contribution in [0.2, 0.25) is 5.02 Å². The number of aliphatic hydroxyl groups is 1. The van der Waals surface area contributed by atoms with Crippen molar-refractivity contribution in [2.75, 3.05) is 27.3 Å². The molecule has 286 valence electrons. The van der Waals surface area contributed by atoms with Gasteiger partial charge in [-0.25, -0.2) is 4.98 Å². The Morgan fingerprint density at radius 2 is 1.57 bits per heavy atom. The van der Waals surface area contributed by atoms with E-state index >= 15 is 0 Å². The minimum absolute atomic E-state index is 0.0586. The zero-order chi connectivity index (χ0) is 38.0. The Morgan fingerprint density at radius 3 is 2.30 bits per heavy atom. The lowest BCUT2D eigenvalue weighted by Crippen LogP contribution is -2.36. The number of nitrogens with one attached hydrogen (secondary N) is 3. The van der Waals surface area contributed by atoms with Crippen molar-refractivity contribution in [2.45, 2.75) is 76.0 Å². The van der Waals surface area contributed by atoms with Crippen molar-refractivity contribution in [2.24, 2.45) is 5.92 Å². The molecule has 7 rings (SSSR count). The van der Waals surface area contributed by atoms with E-state index in [0.29, 0.717) is 73.9 Å². The number of benzene rings is 2. The molecule has 10 nitrogen and oxygen atoms in total. The molecule has 1 aliphatic heterocycles. The fourth-order valence-electron chi connectivity index (χ4n) is 7.60. The SMILES string of the molecule is COc1nc(-c2cccc(-c3cccc4c3CC[C@@H]4Oc3nc(OC)c(CNC[C@H]4C[C@H](O)C4)cc3C(F)(F)F)c2Cl)ccc1CNC[C@@H]1CCC(=O)N1. The highest BCUT2D eigenvalue weighted by atomic mass is 35.5. The number of rotatable bonds is 14. The summed E-state index contributed by atoms with van der Waals surface area (Å²) in [5, 5.41) is 19.5. The lowest BCUT2D eigenvalue weighted by molar-refractivity contribution is -0.139. The first kappa shape index (κ1) is 37.9. The number of hydrogen-bond donors (Lipinski definition) is 4. The lowest BCUT2D eigenvalue weighted by atomic mass is 9.82. The maximum atomic E-state index is 14.4. The molecule has 3 aliphatic rings. The summed E-state index contributed by atoms with van der Waals surface area (Å²) in [6.07, 6.45) is -1.98. The molecule has 2 aromatic carbocycles. The molecule has 3 heterocycles. The molecule has 0 spiro atoms. The Kier molecular flexibility index (Phi) is 11.3. The summed E-state index contributed by atoms with van der Waals surface area (Å²) in [7, 11) is 2.94. The van der Waals surface area contributed by atoms with Crippen LogP contribution < -0.4 is 30.2 Å². The Hall–Kier alpha value is -4.43. The van der Waals surface area contributed by atoms with Crippen LogP contribution in [0.1, 0.15) is 66.0 Å². The molecule has 1 saturated heterocycles. The molecule has 2 fully saturated rings. The maximum Gasteiger partial charge on any atom is 0.421 e. The molecule has 2 atom stereocenters. The lowest BCUT2D eigenvalue weighted by Gasteiger charge is -2.31. The van der Waals surface area contributed by atoms with Crippen molar-refractivity contribution >= 4 is 17.5 Å². The zero-order valence-electron chi connectivity index (χ0n) is 30.1. The first-order chi connectivity index (χ1) is 26.0. The molecule has 1 amide bonds. The van der Waals surface area contributed by atoms with Crippen LogP contribution in [-0.4, -0.2) is 60.4 Å². The molecule has 0 radical (unpaired) electrons. The number of carbonyl (C=O) groups is 1. The molecule has 14 heteroatoms. The highest BCUT2D eigenvalue weighted by Gasteiger charge is 2.39. The van der Waals surface area contributed by atoms with Crippen molar-refractivity contribution in [3.05, 3.63) is 87.4 Å². The number of amides is 1. The van der Waals surface area contributed by atoms with Crippen molar-refractivity contribution in [3.8, 4) is 40.0 Å². The minimum atomic E-state index is -4.71. The van der Waals surface area contributed by atoms with Crippen LogP contribution in [0.3, 0.4) is 0 Å². The summed E-state index contributed by atoms with van der Waals surface area (Å²) in [5.74, 6) is 0.345. The van der Waals surface area contributed by atoms with Crippen LogP contribution >= 0.6 is 11.6 Å². The van der Waals surface area contributed by atoms with E-state index in [0.717, 1.165) is 40.3 Å². The molecule has 54 heavy (non-hydrogen) atoms. The molecule has 1 saturated carbocycles. The van der Waals surface area contributed by atoms with E-state index in [4.69, 9.17) is 30.8 Å². The van der Waals surface area contributed by atoms with Gasteiger partial charge in [-0.3, -0.25) is 4.79 Å². The van der Waals surface area contributed by atoms with Crippen molar-refractivity contribution in [1.29, 1.82) is 0 Å². The number of pyridine rings is 2. The summed E-state index contributed by atoms with van der Waals surface area (Å²) in [6.45, 7) is 1.86. The van der Waals surface area contributed by atoms with Gasteiger partial charge in [0.2, 0.25) is 23.5 Å². The van der Waals surface area contributed by atoms with Crippen LogP contribution in [0.4, 0.5) is 13.2 Å². The largest absolute Gasteiger partial charge is 0.481 e. The molecular formula is C40H43ClF3N5O5. The van der Waals surface area contributed by atoms with Crippen LogP contribution in [0.25, 0.3) is 22.4 Å². The van der Waals surface area contributed by atoms with Gasteiger partial charge in [0, 0.05) is 54.4 Å². The van der Waals surface area contributed by atoms with Crippen LogP contribution in [-0.2, 0) is 30.5 Å². The summed E-state index contributed by atoms with van der Waals surface area (Å²) < 4.78 is 60.5. The average molecular weight is 766 g/mol. The second-order valence-electron chi connectivity index (χ2n) is 14.1. The van der Waals surface area contributed by atoms with E-state index in [1.54, 1.807) is 7.11 Å². The first-order valence-corrected chi connectivity index (χ1v) is 18.6. The third-order valence-electron chi connectivity index (χ3n) is 10.4. The predicted octanol–water partition coefficient (Wildman–Crippen LogP) is 6.80. The molecular weight excluding hydrogens is 723 g/mol. The molecule has 2 aromatic heterocycles. The van der Waals surface area contributed by atoms with Gasteiger partial charge in [-0.2, -0.15) is 18.2 Å². The summed E-state index contributed by atoms with van der Waals surface area (Å²) in [4.78, 5) is 20.5. The fourth-order valence-corrected chi connectivity index (χ4v) is 7.93. The molecule has 0 unspecified atom stereocenters. The maximum absolute atomic E-state index is 14.4. The quantitative estimate of drug-likeness (QED) is 0.110. The zero-order valence-corrected chi connectivity index (χ0v) is 30.8. The number of ether oxygens (including phenoxy) is 3. The van der Waals surface area contributed by atoms with Gasteiger partial charge < -0.3 is 35.3 Å². The van der Waals surface area contributed by atoms with E-state index in [2.05, 4.69) is 20.9 Å². The molecule has 4 N–H and O–H groups in total. The van der Waals surface area contributed by atoms with Crippen molar-refractivity contribution in [3.63, 3.8) is 0 Å². The Balaban J connectivity index is 1.10. The third kappa shape index (κ3) is 8.14. The van der Waals surface area contributed by atoms with Crippen LogP contribution in [0, 0.1) is 5.92 Å². The number of methoxy groups -OCH3 is 2. The molecule has 2 aliphatic carbocycles. The van der Waals surface area contributed by atoms with Gasteiger partial charge in [-0.1, -0.05) is 54.1 Å². The summed E-state index contributed by atoms with van der Waals surface area (Å²) in [6, 6.07) is 16.4. The topological polar surface area (TPSA) is 127 Å². The average Bonchev–Trinajstić information content (AvgIpc) is 3.76. The number of halogens is 4. The second kappa shape index (κ2) is 16.1. The Bertz CT molecular complexity index is 2010. The van der Waals surface area contributed by atoms with Gasteiger partial charge >= 0.3 is 6.18 Å². The normalized spacial score (nSPS) is 20.7. The number of nitrogens with zero attached hydrogens (tertiary/aromatic N) is 2. The van der Waals surface area contributed by atoms with Gasteiger partial charge in [0.1, 0.15) is 11.7 Å². The van der Waals surface area contributed by atoms with Gasteiger partial charge in [0.05, 0.1) is 31.0 Å². The van der Waals surface area contributed by atoms with Gasteiger partial charge in [0.15, 0.2) is 0 Å². The first-order valence-electron chi connectivity index (χ1n) is 18.2. The number of carbonyl (C=O) groups excluding carboxylic acids is 1. The second-order valence-corrected chi connectivity index (χ2v) is 14.5. The van der Waals surface area contributed by atoms with Crippen molar-refractivity contribution in [1.82, 2.24) is 25.9 Å². The monoisotopic (exact) mass is 765 g/mol. The standard InChI is InChI=1S/C40H43ClF3N5O5/c1-52-37-23(19-46-21-25-10-14-35(51)47-25)9-12-33(48-37)31-8-4-7-30(36(31)41)27-5-3-6-29-28(27)11-13-34(29)54-39-32(40(42,43)44)17-24(38(49-39)53-2)20-45-18-22-15-26(50)16-22/h3-9,12,17,22,25-26,34,45-46,50H,10-11,13-16,18-21H2,1-2H3,(H,47,51)/t22-,25-,26-,34-/m0/s1. The van der Waals surface area contributed by atoms with E-state index in [-0.39, 0.29) is 42.0 Å². The van der Waals surface area contributed by atoms with Gasteiger partial charge in [0.25, 0.3) is 0 Å². The Labute approximate surface area is 316 Å². The van der Waals surface area contributed by atoms with E-state index in [1.165, 1.54) is 7.11 Å². The van der Waals surface area contributed by atoms with Crippen molar-refractivity contribution < 1.29 is 37.3 Å². The van der Waals surface area contributed by atoms with E-state index in [9.17, 15) is 23.1 Å². The summed E-state index contributed by atoms with van der Waals surface area (Å²) >= 11 is 7.12. The minimum Gasteiger partial charge on any atom is -0.481 e. The number of fused-ring (bicyclic) bond motifs is 1. The number of aliphatic hydroxyl groups excluding tert-OH is 1. The molecule has 4 aromatic rings. The molecule has 0 bridgehead atoms. The Morgan fingerprint density at radius 1 is 0.870 bits per heavy atom. The van der Waals surface area contributed by atoms with Gasteiger partial charge in [-0.05, 0) is 73.4 Å². The highest BCUT2D eigenvalue weighted by Crippen LogP contribution is 2.46. The summed E-state index contributed by atoms with van der Waals surface area (Å²) in [5.41, 5.74) is 4.83. The number of aromatic nitrogens is 2. The van der Waals surface area contributed by atoms with E-state index in [1.807, 2.05) is 48.5 Å². The highest BCUT2D eigenvalue weighted by molar-refractivity contribution is 6.36.